The first kappa shape index (κ1) is 16.8. The molecule has 8 heteroatoms. The largest absolute Gasteiger partial charge is 0.450 e. The van der Waals surface area contributed by atoms with Crippen LogP contribution in [0, 0.1) is 6.92 Å². The molecule has 0 aliphatic heterocycles. The van der Waals surface area contributed by atoms with E-state index < -0.39 is 0 Å². The van der Waals surface area contributed by atoms with Gasteiger partial charge in [0.25, 0.3) is 5.89 Å². The number of fused-ring (bicyclic) bond motifs is 1. The average Bonchev–Trinajstić information content (AvgIpc) is 3.41. The van der Waals surface area contributed by atoms with E-state index in [1.165, 1.54) is 0 Å². The van der Waals surface area contributed by atoms with Crippen molar-refractivity contribution in [3.63, 3.8) is 0 Å². The van der Waals surface area contributed by atoms with Crippen LogP contribution in [0.3, 0.4) is 0 Å². The van der Waals surface area contributed by atoms with Crippen LogP contribution in [0.15, 0.2) is 72.9 Å². The standard InChI is InChI=1S/C20H13BrN4O3/c1-11-10-22-20(26)25(11)14-6-2-5-13(8-14)18-23-19(28-24-18)16-9-12-4-3-7-15(21)17(12)27-16/h2-10H,1H3,(H,22,26). The number of nitrogens with one attached hydrogen (secondary N) is 1. The Morgan fingerprint density at radius 1 is 1.14 bits per heavy atom. The third kappa shape index (κ3) is 2.69. The Labute approximate surface area is 166 Å². The van der Waals surface area contributed by atoms with E-state index in [1.54, 1.807) is 10.8 Å². The summed E-state index contributed by atoms with van der Waals surface area (Å²) in [5.41, 5.74) is 2.79. The average molecular weight is 437 g/mol. The number of nitrogens with zero attached hydrogens (tertiary/aromatic N) is 3. The molecular weight excluding hydrogens is 424 g/mol. The van der Waals surface area contributed by atoms with Gasteiger partial charge in [-0.3, -0.25) is 4.57 Å². The third-order valence-corrected chi connectivity index (χ3v) is 5.08. The maximum absolute atomic E-state index is 12.0. The van der Waals surface area contributed by atoms with Gasteiger partial charge in [0.1, 0.15) is 5.58 Å². The van der Waals surface area contributed by atoms with E-state index in [-0.39, 0.29) is 5.69 Å². The van der Waals surface area contributed by atoms with Crippen molar-refractivity contribution in [3.05, 3.63) is 75.4 Å². The molecule has 0 amide bonds. The number of para-hydroxylation sites is 1. The van der Waals surface area contributed by atoms with Gasteiger partial charge in [0.05, 0.1) is 10.2 Å². The Morgan fingerprint density at radius 3 is 2.79 bits per heavy atom. The molecule has 0 fully saturated rings. The van der Waals surface area contributed by atoms with E-state index in [2.05, 4.69) is 31.1 Å². The lowest BCUT2D eigenvalue weighted by atomic mass is 10.2. The van der Waals surface area contributed by atoms with Gasteiger partial charge in [0.15, 0.2) is 5.76 Å². The highest BCUT2D eigenvalue weighted by atomic mass is 79.9. The number of furan rings is 1. The Morgan fingerprint density at radius 2 is 2.00 bits per heavy atom. The number of halogens is 1. The molecule has 0 saturated carbocycles. The van der Waals surface area contributed by atoms with Crippen LogP contribution in [0.1, 0.15) is 5.69 Å². The second-order valence-corrected chi connectivity index (χ2v) is 7.17. The molecule has 5 aromatic rings. The molecule has 1 N–H and O–H groups in total. The fourth-order valence-electron chi connectivity index (χ4n) is 3.13. The van der Waals surface area contributed by atoms with Crippen molar-refractivity contribution in [3.8, 4) is 28.7 Å². The number of aryl methyl sites for hydroxylation is 1. The number of aromatic amines is 1. The fraction of sp³-hybridized carbons (Fsp3) is 0.0500. The molecule has 0 aliphatic carbocycles. The summed E-state index contributed by atoms with van der Waals surface area (Å²) >= 11 is 3.47. The Balaban J connectivity index is 1.55. The topological polar surface area (TPSA) is 89.9 Å². The second-order valence-electron chi connectivity index (χ2n) is 6.31. The van der Waals surface area contributed by atoms with Crippen LogP contribution in [0.25, 0.3) is 39.7 Å². The highest BCUT2D eigenvalue weighted by Crippen LogP contribution is 2.32. The molecule has 0 unspecified atom stereocenters. The zero-order valence-corrected chi connectivity index (χ0v) is 16.2. The van der Waals surface area contributed by atoms with E-state index in [0.717, 1.165) is 32.4 Å². The highest BCUT2D eigenvalue weighted by molar-refractivity contribution is 9.10. The summed E-state index contributed by atoms with van der Waals surface area (Å²) in [7, 11) is 0. The van der Waals surface area contributed by atoms with Gasteiger partial charge < -0.3 is 13.9 Å². The molecule has 138 valence electrons. The maximum atomic E-state index is 12.0. The number of imidazole rings is 1. The molecule has 2 aromatic carbocycles. The van der Waals surface area contributed by atoms with Crippen molar-refractivity contribution in [2.24, 2.45) is 0 Å². The predicted octanol–water partition coefficient (Wildman–Crippen LogP) is 4.70. The number of aromatic nitrogens is 4. The molecule has 0 saturated heterocycles. The van der Waals surface area contributed by atoms with E-state index in [1.807, 2.05) is 55.5 Å². The molecule has 0 atom stereocenters. The Bertz CT molecular complexity index is 1380. The van der Waals surface area contributed by atoms with E-state index in [4.69, 9.17) is 8.94 Å². The first-order valence-electron chi connectivity index (χ1n) is 8.50. The van der Waals surface area contributed by atoms with Crippen LogP contribution in [0.2, 0.25) is 0 Å². The van der Waals surface area contributed by atoms with Gasteiger partial charge in [0.2, 0.25) is 5.82 Å². The molecule has 0 radical (unpaired) electrons. The first-order valence-corrected chi connectivity index (χ1v) is 9.29. The molecule has 0 aliphatic rings. The van der Waals surface area contributed by atoms with Crippen LogP contribution >= 0.6 is 15.9 Å². The number of hydrogen-bond donors (Lipinski definition) is 1. The summed E-state index contributed by atoms with van der Waals surface area (Å²) in [4.78, 5) is 19.2. The summed E-state index contributed by atoms with van der Waals surface area (Å²) in [6, 6.07) is 15.0. The molecule has 28 heavy (non-hydrogen) atoms. The van der Waals surface area contributed by atoms with E-state index in [9.17, 15) is 4.79 Å². The lowest BCUT2D eigenvalue weighted by molar-refractivity contribution is 0.420. The smallest absolute Gasteiger partial charge is 0.330 e. The van der Waals surface area contributed by atoms with Gasteiger partial charge in [-0.05, 0) is 47.1 Å². The van der Waals surface area contributed by atoms with E-state index >= 15 is 0 Å². The maximum Gasteiger partial charge on any atom is 0.330 e. The van der Waals surface area contributed by atoms with E-state index in [0.29, 0.717) is 17.5 Å². The quantitative estimate of drug-likeness (QED) is 0.442. The van der Waals surface area contributed by atoms with Crippen molar-refractivity contribution < 1.29 is 8.94 Å². The lowest BCUT2D eigenvalue weighted by Crippen LogP contribution is -2.15. The third-order valence-electron chi connectivity index (χ3n) is 4.46. The van der Waals surface area contributed by atoms with Gasteiger partial charge >= 0.3 is 5.69 Å². The predicted molar refractivity (Wildman–Crippen MR) is 107 cm³/mol. The van der Waals surface area contributed by atoms with Crippen molar-refractivity contribution in [1.82, 2.24) is 19.7 Å². The first-order chi connectivity index (χ1) is 13.6. The summed E-state index contributed by atoms with van der Waals surface area (Å²) < 4.78 is 13.7. The summed E-state index contributed by atoms with van der Waals surface area (Å²) in [5.74, 6) is 1.20. The molecule has 7 nitrogen and oxygen atoms in total. The monoisotopic (exact) mass is 436 g/mol. The lowest BCUT2D eigenvalue weighted by Gasteiger charge is -2.04. The fourth-order valence-corrected chi connectivity index (χ4v) is 3.60. The van der Waals surface area contributed by atoms with Crippen LogP contribution in [-0.2, 0) is 0 Å². The van der Waals surface area contributed by atoms with Crippen LogP contribution in [0.4, 0.5) is 0 Å². The molecule has 3 heterocycles. The molecule has 3 aromatic heterocycles. The molecule has 0 spiro atoms. The van der Waals surface area contributed by atoms with Crippen molar-refractivity contribution >= 4 is 26.9 Å². The second kappa shape index (κ2) is 6.35. The zero-order chi connectivity index (χ0) is 19.3. The SMILES string of the molecule is Cc1c[nH]c(=O)n1-c1cccc(-c2noc(-c3cc4cccc(Br)c4o3)n2)c1. The van der Waals surface area contributed by atoms with Gasteiger partial charge in [-0.2, -0.15) is 4.98 Å². The number of rotatable bonds is 3. The van der Waals surface area contributed by atoms with Gasteiger partial charge in [0, 0.05) is 22.8 Å². The van der Waals surface area contributed by atoms with Gasteiger partial charge in [-0.25, -0.2) is 4.79 Å². The Kier molecular flexibility index (Phi) is 3.80. The summed E-state index contributed by atoms with van der Waals surface area (Å²) in [6.45, 7) is 1.86. The number of H-pyrrole nitrogens is 1. The molecule has 5 rings (SSSR count). The normalized spacial score (nSPS) is 11.4. The van der Waals surface area contributed by atoms with Gasteiger partial charge in [-0.15, -0.1) is 0 Å². The van der Waals surface area contributed by atoms with Gasteiger partial charge in [-0.1, -0.05) is 29.4 Å². The van der Waals surface area contributed by atoms with Crippen LogP contribution < -0.4 is 5.69 Å². The Hall–Kier alpha value is -3.39. The minimum Gasteiger partial charge on any atom is -0.450 e. The van der Waals surface area contributed by atoms with Crippen molar-refractivity contribution in [1.29, 1.82) is 0 Å². The van der Waals surface area contributed by atoms with Crippen LogP contribution in [0.5, 0.6) is 0 Å². The highest BCUT2D eigenvalue weighted by Gasteiger charge is 2.16. The minimum absolute atomic E-state index is 0.198. The van der Waals surface area contributed by atoms with Crippen LogP contribution in [-0.4, -0.2) is 19.7 Å². The molecular formula is C20H13BrN4O3. The summed E-state index contributed by atoms with van der Waals surface area (Å²) in [6.07, 6.45) is 1.67. The number of hydrogen-bond acceptors (Lipinski definition) is 5. The molecule has 0 bridgehead atoms. The minimum atomic E-state index is -0.198. The number of benzene rings is 2. The van der Waals surface area contributed by atoms with Crippen molar-refractivity contribution in [2.75, 3.05) is 0 Å². The zero-order valence-electron chi connectivity index (χ0n) is 14.6. The van der Waals surface area contributed by atoms with Crippen molar-refractivity contribution in [2.45, 2.75) is 6.92 Å². The summed E-state index contributed by atoms with van der Waals surface area (Å²) in [5, 5.41) is 5.01.